The molecule has 0 aliphatic carbocycles. The largest absolute Gasteiger partial charge is 0.350 e. The zero-order valence-corrected chi connectivity index (χ0v) is 13.9. The predicted molar refractivity (Wildman–Crippen MR) is 92.3 cm³/mol. The molecular formula is C18H19BrN2. The molecule has 0 radical (unpaired) electrons. The lowest BCUT2D eigenvalue weighted by Gasteiger charge is -2.14. The molecule has 0 aliphatic heterocycles. The minimum atomic E-state index is 0.331. The predicted octanol–water partition coefficient (Wildman–Crippen LogP) is 4.79. The van der Waals surface area contributed by atoms with Gasteiger partial charge < -0.3 is 9.88 Å². The van der Waals surface area contributed by atoms with Crippen molar-refractivity contribution in [3.05, 3.63) is 70.3 Å². The molecule has 108 valence electrons. The van der Waals surface area contributed by atoms with Crippen LogP contribution in [0.1, 0.15) is 24.1 Å². The van der Waals surface area contributed by atoms with Gasteiger partial charge in [-0.1, -0.05) is 46.3 Å². The van der Waals surface area contributed by atoms with Crippen LogP contribution < -0.4 is 5.32 Å². The highest BCUT2D eigenvalue weighted by Crippen LogP contribution is 2.22. The number of rotatable bonds is 4. The van der Waals surface area contributed by atoms with Crippen LogP contribution in [0, 0.1) is 0 Å². The van der Waals surface area contributed by atoms with Crippen molar-refractivity contribution < 1.29 is 0 Å². The molecule has 3 rings (SSSR count). The first-order valence-electron chi connectivity index (χ1n) is 7.17. The van der Waals surface area contributed by atoms with Crippen LogP contribution in [-0.4, -0.2) is 4.57 Å². The summed E-state index contributed by atoms with van der Waals surface area (Å²) in [4.78, 5) is 0. The van der Waals surface area contributed by atoms with Crippen LogP contribution >= 0.6 is 15.9 Å². The molecule has 1 unspecified atom stereocenters. The van der Waals surface area contributed by atoms with Crippen LogP contribution in [0.4, 0.5) is 0 Å². The fraction of sp³-hybridized carbons (Fsp3) is 0.222. The second-order valence-corrected chi connectivity index (χ2v) is 6.35. The van der Waals surface area contributed by atoms with Gasteiger partial charge in [0.15, 0.2) is 0 Å². The fourth-order valence-electron chi connectivity index (χ4n) is 2.70. The Bertz CT molecular complexity index is 744. The molecule has 0 spiro atoms. The molecule has 3 heteroatoms. The Balaban J connectivity index is 1.76. The van der Waals surface area contributed by atoms with Gasteiger partial charge in [-0.25, -0.2) is 0 Å². The third-order valence-corrected chi connectivity index (χ3v) is 4.48. The van der Waals surface area contributed by atoms with E-state index in [0.29, 0.717) is 6.04 Å². The Hall–Kier alpha value is -1.58. The number of fused-ring (bicyclic) bond motifs is 1. The summed E-state index contributed by atoms with van der Waals surface area (Å²) in [5.74, 6) is 0. The lowest BCUT2D eigenvalue weighted by Crippen LogP contribution is -2.17. The first-order chi connectivity index (χ1) is 10.1. The van der Waals surface area contributed by atoms with E-state index in [1.165, 1.54) is 22.0 Å². The van der Waals surface area contributed by atoms with Crippen molar-refractivity contribution in [1.82, 2.24) is 9.88 Å². The van der Waals surface area contributed by atoms with Crippen LogP contribution in [0.15, 0.2) is 59.2 Å². The molecule has 21 heavy (non-hydrogen) atoms. The third-order valence-electron chi connectivity index (χ3n) is 3.95. The second-order valence-electron chi connectivity index (χ2n) is 5.44. The second kappa shape index (κ2) is 6.04. The monoisotopic (exact) mass is 342 g/mol. The van der Waals surface area contributed by atoms with Gasteiger partial charge in [0, 0.05) is 41.2 Å². The van der Waals surface area contributed by atoms with E-state index in [4.69, 9.17) is 0 Å². The summed E-state index contributed by atoms with van der Waals surface area (Å²) in [5.41, 5.74) is 3.93. The Morgan fingerprint density at radius 3 is 2.57 bits per heavy atom. The molecule has 2 nitrogen and oxygen atoms in total. The number of benzene rings is 2. The van der Waals surface area contributed by atoms with Crippen molar-refractivity contribution in [2.75, 3.05) is 0 Å². The first-order valence-corrected chi connectivity index (χ1v) is 7.96. The molecule has 0 saturated heterocycles. The molecular weight excluding hydrogens is 324 g/mol. The lowest BCUT2D eigenvalue weighted by atomic mass is 10.1. The van der Waals surface area contributed by atoms with Gasteiger partial charge in [-0.2, -0.15) is 0 Å². The number of aryl methyl sites for hydroxylation is 1. The Morgan fingerprint density at radius 1 is 1.10 bits per heavy atom. The highest BCUT2D eigenvalue weighted by molar-refractivity contribution is 9.10. The SMILES string of the molecule is CC(NCc1cn(C)c2ccccc12)c1ccc(Br)cc1. The third kappa shape index (κ3) is 3.04. The van der Waals surface area contributed by atoms with E-state index in [9.17, 15) is 0 Å². The lowest BCUT2D eigenvalue weighted by molar-refractivity contribution is 0.575. The summed E-state index contributed by atoms with van der Waals surface area (Å²) >= 11 is 3.48. The summed E-state index contributed by atoms with van der Waals surface area (Å²) in [6.07, 6.45) is 2.21. The van der Waals surface area contributed by atoms with Crippen LogP contribution in [0.5, 0.6) is 0 Å². The number of para-hydroxylation sites is 1. The topological polar surface area (TPSA) is 17.0 Å². The number of hydrogen-bond donors (Lipinski definition) is 1. The van der Waals surface area contributed by atoms with E-state index in [0.717, 1.165) is 11.0 Å². The number of hydrogen-bond acceptors (Lipinski definition) is 1. The van der Waals surface area contributed by atoms with Gasteiger partial charge >= 0.3 is 0 Å². The molecule has 1 heterocycles. The molecule has 0 fully saturated rings. The molecule has 1 N–H and O–H groups in total. The minimum Gasteiger partial charge on any atom is -0.350 e. The Morgan fingerprint density at radius 2 is 1.81 bits per heavy atom. The van der Waals surface area contributed by atoms with Gasteiger partial charge in [0.1, 0.15) is 0 Å². The highest BCUT2D eigenvalue weighted by Gasteiger charge is 2.08. The van der Waals surface area contributed by atoms with Gasteiger partial charge in [-0.3, -0.25) is 0 Å². The average Bonchev–Trinajstić information content (AvgIpc) is 2.83. The first kappa shape index (κ1) is 14.4. The molecule has 2 aromatic carbocycles. The maximum atomic E-state index is 3.61. The van der Waals surface area contributed by atoms with Crippen molar-refractivity contribution in [1.29, 1.82) is 0 Å². The van der Waals surface area contributed by atoms with Crippen LogP contribution in [0.25, 0.3) is 10.9 Å². The normalized spacial score (nSPS) is 12.7. The molecule has 3 aromatic rings. The molecule has 1 atom stereocenters. The standard InChI is InChI=1S/C18H19BrN2/c1-13(14-7-9-16(19)10-8-14)20-11-15-12-21(2)18-6-4-3-5-17(15)18/h3-10,12-13,20H,11H2,1-2H3. The van der Waals surface area contributed by atoms with Gasteiger partial charge in [-0.05, 0) is 36.2 Å². The van der Waals surface area contributed by atoms with E-state index >= 15 is 0 Å². The Labute approximate surface area is 133 Å². The highest BCUT2D eigenvalue weighted by atomic mass is 79.9. The average molecular weight is 343 g/mol. The van der Waals surface area contributed by atoms with E-state index in [1.54, 1.807) is 0 Å². The van der Waals surface area contributed by atoms with Gasteiger partial charge in [0.25, 0.3) is 0 Å². The summed E-state index contributed by atoms with van der Waals surface area (Å²) in [6, 6.07) is 17.4. The van der Waals surface area contributed by atoms with Crippen molar-refractivity contribution in [3.63, 3.8) is 0 Å². The minimum absolute atomic E-state index is 0.331. The Kier molecular flexibility index (Phi) is 4.13. The maximum absolute atomic E-state index is 3.61. The van der Waals surface area contributed by atoms with Crippen molar-refractivity contribution in [2.24, 2.45) is 7.05 Å². The molecule has 0 saturated carbocycles. The van der Waals surface area contributed by atoms with E-state index in [2.05, 4.69) is 94.5 Å². The number of nitrogens with one attached hydrogen (secondary N) is 1. The van der Waals surface area contributed by atoms with Gasteiger partial charge in [0.05, 0.1) is 0 Å². The zero-order valence-electron chi connectivity index (χ0n) is 12.3. The quantitative estimate of drug-likeness (QED) is 0.721. The van der Waals surface area contributed by atoms with E-state index in [1.807, 2.05) is 0 Å². The zero-order chi connectivity index (χ0) is 14.8. The van der Waals surface area contributed by atoms with Crippen LogP contribution in [0.3, 0.4) is 0 Å². The van der Waals surface area contributed by atoms with Crippen molar-refractivity contribution in [2.45, 2.75) is 19.5 Å². The number of nitrogens with zero attached hydrogens (tertiary/aromatic N) is 1. The summed E-state index contributed by atoms with van der Waals surface area (Å²) in [6.45, 7) is 3.08. The number of aromatic nitrogens is 1. The molecule has 1 aromatic heterocycles. The smallest absolute Gasteiger partial charge is 0.0481 e. The van der Waals surface area contributed by atoms with E-state index < -0.39 is 0 Å². The molecule has 0 amide bonds. The molecule has 0 aliphatic rings. The molecule has 0 bridgehead atoms. The maximum Gasteiger partial charge on any atom is 0.0481 e. The van der Waals surface area contributed by atoms with Crippen molar-refractivity contribution in [3.8, 4) is 0 Å². The summed E-state index contributed by atoms with van der Waals surface area (Å²) in [7, 11) is 2.10. The summed E-state index contributed by atoms with van der Waals surface area (Å²) in [5, 5.41) is 4.94. The number of halogens is 1. The van der Waals surface area contributed by atoms with Crippen LogP contribution in [0.2, 0.25) is 0 Å². The fourth-order valence-corrected chi connectivity index (χ4v) is 2.96. The summed E-state index contributed by atoms with van der Waals surface area (Å²) < 4.78 is 3.31. The van der Waals surface area contributed by atoms with Crippen molar-refractivity contribution >= 4 is 26.8 Å². The van der Waals surface area contributed by atoms with Crippen LogP contribution in [-0.2, 0) is 13.6 Å². The van der Waals surface area contributed by atoms with Gasteiger partial charge in [-0.15, -0.1) is 0 Å². The van der Waals surface area contributed by atoms with E-state index in [-0.39, 0.29) is 0 Å². The van der Waals surface area contributed by atoms with Gasteiger partial charge in [0.2, 0.25) is 0 Å².